The van der Waals surface area contributed by atoms with Crippen molar-refractivity contribution in [2.75, 3.05) is 5.73 Å². The number of aromatic nitrogens is 1. The van der Waals surface area contributed by atoms with Gasteiger partial charge in [-0.05, 0) is 24.3 Å². The summed E-state index contributed by atoms with van der Waals surface area (Å²) in [7, 11) is -4.37. The number of rotatable bonds is 3. The number of nitrogens with zero attached hydrogens (tertiary/aromatic N) is 1. The molecule has 1 aromatic heterocycles. The third-order valence-corrected chi connectivity index (χ3v) is 5.17. The summed E-state index contributed by atoms with van der Waals surface area (Å²) in [5.74, 6) is -0.961. The average molecular weight is 340 g/mol. The third kappa shape index (κ3) is 2.35. The normalized spacial score (nSPS) is 12.2. The maximum absolute atomic E-state index is 13.9. The zero-order valence-electron chi connectivity index (χ0n) is 11.6. The van der Waals surface area contributed by atoms with Gasteiger partial charge < -0.3 is 5.73 Å². The molecule has 2 N–H and O–H groups in total. The number of nitrogen functional groups attached to an aromatic ring is 1. The first kappa shape index (κ1) is 15.4. The fourth-order valence-corrected chi connectivity index (χ4v) is 3.88. The van der Waals surface area contributed by atoms with E-state index in [0.717, 1.165) is 18.3 Å². The van der Waals surface area contributed by atoms with Crippen molar-refractivity contribution in [2.24, 2.45) is 0 Å². The van der Waals surface area contributed by atoms with E-state index in [1.165, 1.54) is 30.3 Å². The van der Waals surface area contributed by atoms with E-state index in [9.17, 15) is 21.6 Å². The van der Waals surface area contributed by atoms with E-state index in [0.29, 0.717) is 3.97 Å². The average Bonchev–Trinajstić information content (AvgIpc) is 2.89. The molecule has 3 aromatic rings. The zero-order chi connectivity index (χ0) is 16.8. The molecule has 0 amide bonds. The van der Waals surface area contributed by atoms with Gasteiger partial charge in [0.2, 0.25) is 0 Å². The van der Waals surface area contributed by atoms with Crippen LogP contribution in [0.1, 0.15) is 12.0 Å². The van der Waals surface area contributed by atoms with E-state index in [1.54, 1.807) is 0 Å². The molecule has 0 spiro atoms. The molecule has 2 aromatic carbocycles. The van der Waals surface area contributed by atoms with Gasteiger partial charge >= 0.3 is 0 Å². The lowest BCUT2D eigenvalue weighted by molar-refractivity contribution is 0.153. The highest BCUT2D eigenvalue weighted by Gasteiger charge is 2.27. The van der Waals surface area contributed by atoms with Crippen LogP contribution >= 0.6 is 0 Å². The summed E-state index contributed by atoms with van der Waals surface area (Å²) in [5, 5.41) is -0.0533. The minimum Gasteiger partial charge on any atom is -0.398 e. The third-order valence-electron chi connectivity index (χ3n) is 3.47. The minimum absolute atomic E-state index is 0.0245. The molecule has 0 saturated carbocycles. The van der Waals surface area contributed by atoms with Crippen LogP contribution in [-0.4, -0.2) is 12.4 Å². The Morgan fingerprint density at radius 3 is 2.39 bits per heavy atom. The van der Waals surface area contributed by atoms with Gasteiger partial charge in [-0.15, -0.1) is 0 Å². The Hall–Kier alpha value is -2.48. The monoisotopic (exact) mass is 340 g/mol. The molecule has 0 aliphatic rings. The summed E-state index contributed by atoms with van der Waals surface area (Å²) in [6.07, 6.45) is -2.13. The van der Waals surface area contributed by atoms with Crippen LogP contribution in [0.25, 0.3) is 10.9 Å². The Kier molecular flexibility index (Phi) is 3.56. The maximum atomic E-state index is 13.9. The number of halogens is 3. The van der Waals surface area contributed by atoms with E-state index in [-0.39, 0.29) is 16.6 Å². The van der Waals surface area contributed by atoms with Crippen molar-refractivity contribution >= 4 is 26.6 Å². The summed E-state index contributed by atoms with van der Waals surface area (Å²) in [6, 6.07) is 8.94. The summed E-state index contributed by atoms with van der Waals surface area (Å²) in [4.78, 5) is -0.597. The second kappa shape index (κ2) is 5.31. The highest BCUT2D eigenvalue weighted by molar-refractivity contribution is 7.90. The first-order chi connectivity index (χ1) is 10.8. The van der Waals surface area contributed by atoms with E-state index in [4.69, 9.17) is 5.73 Å². The van der Waals surface area contributed by atoms with Crippen LogP contribution in [0.3, 0.4) is 0 Å². The topological polar surface area (TPSA) is 65.1 Å². The van der Waals surface area contributed by atoms with Gasteiger partial charge in [-0.25, -0.2) is 25.6 Å². The maximum Gasteiger partial charge on any atom is 0.271 e. The molecule has 8 heteroatoms. The van der Waals surface area contributed by atoms with Crippen LogP contribution in [0.15, 0.2) is 53.6 Å². The predicted octanol–water partition coefficient (Wildman–Crippen LogP) is 3.54. The van der Waals surface area contributed by atoms with Crippen molar-refractivity contribution in [3.63, 3.8) is 0 Å². The first-order valence-electron chi connectivity index (χ1n) is 6.51. The standard InChI is InChI=1S/C15H11F3N2O2S/c16-10-4-1-2-7-13(10)23(21,22)20-8-9(15(17)18)14-11(19)5-3-6-12(14)20/h1-8,15H,19H2. The Bertz CT molecular complexity index is 997. The molecule has 120 valence electrons. The molecule has 0 atom stereocenters. The Morgan fingerprint density at radius 2 is 1.74 bits per heavy atom. The summed E-state index contributed by atoms with van der Waals surface area (Å²) >= 11 is 0. The molecule has 0 radical (unpaired) electrons. The Labute approximate surface area is 130 Å². The number of hydrogen-bond acceptors (Lipinski definition) is 3. The molecule has 0 aliphatic carbocycles. The van der Waals surface area contributed by atoms with Gasteiger partial charge in [0.05, 0.1) is 5.52 Å². The van der Waals surface area contributed by atoms with Crippen LogP contribution in [0.2, 0.25) is 0 Å². The minimum atomic E-state index is -4.37. The van der Waals surface area contributed by atoms with E-state index in [2.05, 4.69) is 0 Å². The largest absolute Gasteiger partial charge is 0.398 e. The van der Waals surface area contributed by atoms with Crippen LogP contribution in [0.4, 0.5) is 18.9 Å². The van der Waals surface area contributed by atoms with Gasteiger partial charge in [-0.3, -0.25) is 0 Å². The second-order valence-electron chi connectivity index (χ2n) is 4.86. The fraction of sp³-hybridized carbons (Fsp3) is 0.0667. The number of nitrogens with two attached hydrogens (primary N) is 1. The SMILES string of the molecule is Nc1cccc2c1c(C(F)F)cn2S(=O)(=O)c1ccccc1F. The molecule has 1 heterocycles. The van der Waals surface area contributed by atoms with Gasteiger partial charge in [-0.1, -0.05) is 18.2 Å². The fourth-order valence-electron chi connectivity index (χ4n) is 2.44. The highest BCUT2D eigenvalue weighted by Crippen LogP contribution is 2.35. The van der Waals surface area contributed by atoms with E-state index in [1.807, 2.05) is 0 Å². The number of benzene rings is 2. The Morgan fingerprint density at radius 1 is 1.04 bits per heavy atom. The van der Waals surface area contributed by atoms with Crippen LogP contribution < -0.4 is 5.73 Å². The summed E-state index contributed by atoms with van der Waals surface area (Å²) in [6.45, 7) is 0. The number of anilines is 1. The van der Waals surface area contributed by atoms with Crippen molar-refractivity contribution < 1.29 is 21.6 Å². The number of fused-ring (bicyclic) bond motifs is 1. The molecule has 0 fully saturated rings. The van der Waals surface area contributed by atoms with Crippen molar-refractivity contribution in [2.45, 2.75) is 11.3 Å². The molecular weight excluding hydrogens is 329 g/mol. The Balaban J connectivity index is 2.38. The molecule has 0 saturated heterocycles. The lowest BCUT2D eigenvalue weighted by atomic mass is 10.1. The molecule has 0 aliphatic heterocycles. The second-order valence-corrected chi connectivity index (χ2v) is 6.64. The van der Waals surface area contributed by atoms with Gasteiger partial charge in [0, 0.05) is 22.8 Å². The highest BCUT2D eigenvalue weighted by atomic mass is 32.2. The molecule has 3 rings (SSSR count). The smallest absolute Gasteiger partial charge is 0.271 e. The molecule has 0 unspecified atom stereocenters. The quantitative estimate of drug-likeness (QED) is 0.742. The number of alkyl halides is 2. The lowest BCUT2D eigenvalue weighted by Crippen LogP contribution is -2.13. The van der Waals surface area contributed by atoms with Crippen molar-refractivity contribution in [3.05, 3.63) is 60.0 Å². The summed E-state index contributed by atoms with van der Waals surface area (Å²) in [5.41, 5.74) is 5.19. The van der Waals surface area contributed by atoms with Gasteiger partial charge in [0.15, 0.2) is 0 Å². The first-order valence-corrected chi connectivity index (χ1v) is 7.95. The van der Waals surface area contributed by atoms with Crippen molar-refractivity contribution in [3.8, 4) is 0 Å². The van der Waals surface area contributed by atoms with Gasteiger partial charge in [-0.2, -0.15) is 0 Å². The van der Waals surface area contributed by atoms with Gasteiger partial charge in [0.1, 0.15) is 10.7 Å². The van der Waals surface area contributed by atoms with Crippen LogP contribution in [0, 0.1) is 5.82 Å². The lowest BCUT2D eigenvalue weighted by Gasteiger charge is -2.08. The molecule has 0 bridgehead atoms. The number of hydrogen-bond donors (Lipinski definition) is 1. The van der Waals surface area contributed by atoms with Crippen molar-refractivity contribution in [1.82, 2.24) is 3.97 Å². The van der Waals surface area contributed by atoms with Crippen LogP contribution in [-0.2, 0) is 10.0 Å². The van der Waals surface area contributed by atoms with Gasteiger partial charge in [0.25, 0.3) is 16.4 Å². The molecular formula is C15H11F3N2O2S. The van der Waals surface area contributed by atoms with E-state index < -0.39 is 32.7 Å². The summed E-state index contributed by atoms with van der Waals surface area (Å²) < 4.78 is 66.2. The predicted molar refractivity (Wildman–Crippen MR) is 80.3 cm³/mol. The zero-order valence-corrected chi connectivity index (χ0v) is 12.4. The van der Waals surface area contributed by atoms with Crippen molar-refractivity contribution in [1.29, 1.82) is 0 Å². The van der Waals surface area contributed by atoms with Crippen LogP contribution in [0.5, 0.6) is 0 Å². The van der Waals surface area contributed by atoms with E-state index >= 15 is 0 Å². The molecule has 4 nitrogen and oxygen atoms in total. The molecule has 23 heavy (non-hydrogen) atoms.